The Labute approximate surface area is 141 Å². The second-order valence-corrected chi connectivity index (χ2v) is 7.13. The first kappa shape index (κ1) is 20.6. The fourth-order valence-electron chi connectivity index (χ4n) is 2.08. The van der Waals surface area contributed by atoms with Crippen LogP contribution in [-0.2, 0) is 20.2 Å². The quantitative estimate of drug-likeness (QED) is 0.281. The zero-order valence-corrected chi connectivity index (χ0v) is 14.9. The molecule has 0 aliphatic heterocycles. The Morgan fingerprint density at radius 2 is 1.83 bits per heavy atom. The van der Waals surface area contributed by atoms with Crippen LogP contribution in [0.1, 0.15) is 26.3 Å². The highest BCUT2D eigenvalue weighted by atomic mass is 31.2. The largest absolute Gasteiger partial charge is 0.469 e. The molecular formula is C15H25N2O6P. The molecule has 2 atom stereocenters. The Hall–Kier alpha value is -1.44. The highest BCUT2D eigenvalue weighted by Gasteiger charge is 2.32. The summed E-state index contributed by atoms with van der Waals surface area (Å²) in [4.78, 5) is 30.1. The van der Waals surface area contributed by atoms with Gasteiger partial charge in [0.15, 0.2) is 0 Å². The van der Waals surface area contributed by atoms with Crippen molar-refractivity contribution in [2.45, 2.75) is 39.3 Å². The second-order valence-electron chi connectivity index (χ2n) is 5.94. The molecule has 8 nitrogen and oxygen atoms in total. The van der Waals surface area contributed by atoms with E-state index in [0.29, 0.717) is 0 Å². The van der Waals surface area contributed by atoms with Crippen LogP contribution in [-0.4, -0.2) is 39.6 Å². The summed E-state index contributed by atoms with van der Waals surface area (Å²) in [5.74, 6) is 5.98. The van der Waals surface area contributed by atoms with Gasteiger partial charge in [-0.2, -0.15) is 0 Å². The molecule has 24 heavy (non-hydrogen) atoms. The minimum atomic E-state index is -4.72. The number of phosphoric ester groups is 1. The summed E-state index contributed by atoms with van der Waals surface area (Å²) in [6.45, 7) is 5.41. The van der Waals surface area contributed by atoms with Gasteiger partial charge in [-0.1, -0.05) is 44.2 Å². The topological polar surface area (TPSA) is 122 Å². The van der Waals surface area contributed by atoms with Gasteiger partial charge in [0.25, 0.3) is 0 Å². The van der Waals surface area contributed by atoms with E-state index in [1.54, 1.807) is 0 Å². The fourth-order valence-corrected chi connectivity index (χ4v) is 2.65. The lowest BCUT2D eigenvalue weighted by Crippen LogP contribution is -2.52. The van der Waals surface area contributed by atoms with Crippen LogP contribution < -0.4 is 5.84 Å². The van der Waals surface area contributed by atoms with E-state index in [2.05, 4.69) is 0 Å². The van der Waals surface area contributed by atoms with E-state index >= 15 is 0 Å². The molecule has 0 aliphatic carbocycles. The maximum absolute atomic E-state index is 12.1. The van der Waals surface area contributed by atoms with Crippen LogP contribution in [0.4, 0.5) is 4.79 Å². The van der Waals surface area contributed by atoms with Crippen LogP contribution in [0.3, 0.4) is 0 Å². The van der Waals surface area contributed by atoms with E-state index < -0.39 is 26.1 Å². The Kier molecular flexibility index (Phi) is 7.86. The molecule has 4 N–H and O–H groups in total. The molecule has 136 valence electrons. The number of nitrogens with two attached hydrogens (primary N) is 1. The highest BCUT2D eigenvalue weighted by Crippen LogP contribution is 2.38. The number of amides is 1. The van der Waals surface area contributed by atoms with Crippen molar-refractivity contribution >= 4 is 13.9 Å². The summed E-state index contributed by atoms with van der Waals surface area (Å²) in [6, 6.07) is 8.32. The smallest absolute Gasteiger partial charge is 0.448 e. The lowest BCUT2D eigenvalue weighted by atomic mass is 10.0. The van der Waals surface area contributed by atoms with E-state index in [1.165, 1.54) is 6.92 Å². The number of nitrogens with zero attached hydrogens (tertiary/aromatic N) is 1. The fraction of sp³-hybridized carbons (Fsp3) is 0.533. The molecule has 0 saturated carbocycles. The number of carbonyl (C=O) groups excluding carboxylic acids is 1. The van der Waals surface area contributed by atoms with Gasteiger partial charge < -0.3 is 14.5 Å². The molecule has 0 spiro atoms. The van der Waals surface area contributed by atoms with Crippen molar-refractivity contribution in [3.8, 4) is 0 Å². The van der Waals surface area contributed by atoms with Crippen LogP contribution >= 0.6 is 7.82 Å². The van der Waals surface area contributed by atoms with Gasteiger partial charge in [0.2, 0.25) is 0 Å². The molecule has 1 aromatic rings. The second kappa shape index (κ2) is 9.15. The number of carbonyl (C=O) groups is 1. The molecule has 0 radical (unpaired) electrons. The number of phosphoric acid groups is 1. The number of benzene rings is 1. The molecule has 0 aromatic heterocycles. The van der Waals surface area contributed by atoms with Crippen molar-refractivity contribution < 1.29 is 28.4 Å². The average Bonchev–Trinajstić information content (AvgIpc) is 2.48. The third-order valence-electron chi connectivity index (χ3n) is 3.24. The Morgan fingerprint density at radius 3 is 2.33 bits per heavy atom. The standard InChI is InChI=1S/C15H25N2O6P/c1-11(2)10-22-15(18)17(16)14(12(3)23-24(19,20)21)9-13-7-5-4-6-8-13/h4-8,11-12,14H,9-10,16H2,1-3H3,(H2,19,20,21). The van der Waals surface area contributed by atoms with Crippen molar-refractivity contribution in [2.24, 2.45) is 11.8 Å². The maximum Gasteiger partial charge on any atom is 0.469 e. The predicted molar refractivity (Wildman–Crippen MR) is 88.7 cm³/mol. The number of ether oxygens (including phenoxy) is 1. The molecular weight excluding hydrogens is 335 g/mol. The number of hydrogen-bond donors (Lipinski definition) is 3. The molecule has 0 fully saturated rings. The predicted octanol–water partition coefficient (Wildman–Crippen LogP) is 2.06. The van der Waals surface area contributed by atoms with Gasteiger partial charge in [-0.3, -0.25) is 4.52 Å². The van der Waals surface area contributed by atoms with Crippen LogP contribution in [0.2, 0.25) is 0 Å². The monoisotopic (exact) mass is 360 g/mol. The van der Waals surface area contributed by atoms with Gasteiger partial charge in [0, 0.05) is 0 Å². The first-order valence-electron chi connectivity index (χ1n) is 7.58. The van der Waals surface area contributed by atoms with Gasteiger partial charge >= 0.3 is 13.9 Å². The summed E-state index contributed by atoms with van der Waals surface area (Å²) >= 11 is 0. The minimum Gasteiger partial charge on any atom is -0.448 e. The van der Waals surface area contributed by atoms with E-state index in [-0.39, 0.29) is 18.9 Å². The highest BCUT2D eigenvalue weighted by molar-refractivity contribution is 7.46. The van der Waals surface area contributed by atoms with Crippen molar-refractivity contribution in [1.82, 2.24) is 5.01 Å². The summed E-state index contributed by atoms with van der Waals surface area (Å²) in [5, 5.41) is 0.829. The summed E-state index contributed by atoms with van der Waals surface area (Å²) in [7, 11) is -4.72. The van der Waals surface area contributed by atoms with E-state index in [4.69, 9.17) is 24.9 Å². The van der Waals surface area contributed by atoms with Crippen molar-refractivity contribution in [3.05, 3.63) is 35.9 Å². The Balaban J connectivity index is 2.90. The maximum atomic E-state index is 12.1. The zero-order chi connectivity index (χ0) is 18.3. The SMILES string of the molecule is CC(C)COC(=O)N(N)C(Cc1ccccc1)C(C)OP(=O)(O)O. The van der Waals surface area contributed by atoms with Gasteiger partial charge in [-0.25, -0.2) is 20.2 Å². The van der Waals surface area contributed by atoms with E-state index in [1.807, 2.05) is 44.2 Å². The summed E-state index contributed by atoms with van der Waals surface area (Å²) < 4.78 is 20.9. The van der Waals surface area contributed by atoms with Gasteiger partial charge in [0.05, 0.1) is 18.8 Å². The molecule has 0 aliphatic rings. The summed E-state index contributed by atoms with van der Waals surface area (Å²) in [5.41, 5.74) is 0.843. The molecule has 1 amide bonds. The number of rotatable bonds is 8. The third-order valence-corrected chi connectivity index (χ3v) is 3.85. The first-order valence-corrected chi connectivity index (χ1v) is 9.11. The number of hydrogen-bond acceptors (Lipinski definition) is 5. The van der Waals surface area contributed by atoms with Gasteiger partial charge in [-0.15, -0.1) is 0 Å². The van der Waals surface area contributed by atoms with Gasteiger partial charge in [0.1, 0.15) is 0 Å². The normalized spacial score (nSPS) is 14.3. The van der Waals surface area contributed by atoms with Crippen molar-refractivity contribution in [3.63, 3.8) is 0 Å². The summed E-state index contributed by atoms with van der Waals surface area (Å²) in [6.07, 6.45) is -1.51. The lowest BCUT2D eigenvalue weighted by molar-refractivity contribution is 0.0332. The average molecular weight is 360 g/mol. The third kappa shape index (κ3) is 7.42. The van der Waals surface area contributed by atoms with Crippen molar-refractivity contribution in [2.75, 3.05) is 6.61 Å². The molecule has 1 rings (SSSR count). The van der Waals surface area contributed by atoms with E-state index in [0.717, 1.165) is 10.6 Å². The minimum absolute atomic E-state index is 0.138. The number of hydrazine groups is 1. The van der Waals surface area contributed by atoms with Crippen molar-refractivity contribution in [1.29, 1.82) is 0 Å². The van der Waals surface area contributed by atoms with E-state index in [9.17, 15) is 9.36 Å². The molecule has 0 saturated heterocycles. The zero-order valence-electron chi connectivity index (χ0n) is 14.0. The molecule has 0 bridgehead atoms. The van der Waals surface area contributed by atoms with Crippen LogP contribution in [0.5, 0.6) is 0 Å². The van der Waals surface area contributed by atoms with Crippen LogP contribution in [0.15, 0.2) is 30.3 Å². The Bertz CT molecular complexity index is 562. The van der Waals surface area contributed by atoms with Crippen LogP contribution in [0, 0.1) is 5.92 Å². The van der Waals surface area contributed by atoms with Crippen LogP contribution in [0.25, 0.3) is 0 Å². The molecule has 2 unspecified atom stereocenters. The molecule has 0 heterocycles. The molecule has 9 heteroatoms. The molecule has 1 aromatic carbocycles. The Morgan fingerprint density at radius 1 is 1.25 bits per heavy atom. The van der Waals surface area contributed by atoms with Gasteiger partial charge in [-0.05, 0) is 24.8 Å². The first-order chi connectivity index (χ1) is 11.1. The lowest BCUT2D eigenvalue weighted by Gasteiger charge is -2.31.